The summed E-state index contributed by atoms with van der Waals surface area (Å²) in [4.78, 5) is 11.7. The molecule has 120 valence electrons. The summed E-state index contributed by atoms with van der Waals surface area (Å²) in [6.07, 6.45) is 4.90. The van der Waals surface area contributed by atoms with Crippen LogP contribution in [0, 0.1) is 0 Å². The summed E-state index contributed by atoms with van der Waals surface area (Å²) in [6, 6.07) is 19.6. The van der Waals surface area contributed by atoms with E-state index in [1.807, 2.05) is 60.7 Å². The molecule has 2 aromatic carbocycles. The Hall–Kier alpha value is -3.21. The summed E-state index contributed by atoms with van der Waals surface area (Å²) >= 11 is 0. The van der Waals surface area contributed by atoms with Crippen LogP contribution in [0.5, 0.6) is 0 Å². The van der Waals surface area contributed by atoms with Crippen molar-refractivity contribution in [2.24, 2.45) is 0 Å². The van der Waals surface area contributed by atoms with Gasteiger partial charge in [0, 0.05) is 6.08 Å². The van der Waals surface area contributed by atoms with Gasteiger partial charge in [-0.25, -0.2) is 9.48 Å². The molecule has 0 fully saturated rings. The lowest BCUT2D eigenvalue weighted by atomic mass is 10.2. The fourth-order valence-corrected chi connectivity index (χ4v) is 2.17. The van der Waals surface area contributed by atoms with Crippen molar-refractivity contribution in [2.45, 2.75) is 13.2 Å². The molecule has 3 aromatic rings. The second-order valence-electron chi connectivity index (χ2n) is 5.24. The van der Waals surface area contributed by atoms with E-state index in [-0.39, 0.29) is 6.61 Å². The monoisotopic (exact) mass is 319 g/mol. The summed E-state index contributed by atoms with van der Waals surface area (Å²) in [5.41, 5.74) is 2.70. The van der Waals surface area contributed by atoms with E-state index in [4.69, 9.17) is 4.74 Å². The van der Waals surface area contributed by atoms with Gasteiger partial charge in [-0.05, 0) is 17.2 Å². The molecule has 0 saturated heterocycles. The Balaban J connectivity index is 1.50. The van der Waals surface area contributed by atoms with E-state index in [0.29, 0.717) is 12.2 Å². The smallest absolute Gasteiger partial charge is 0.331 e. The van der Waals surface area contributed by atoms with E-state index in [0.717, 1.165) is 11.1 Å². The van der Waals surface area contributed by atoms with Gasteiger partial charge in [0.1, 0.15) is 12.3 Å². The van der Waals surface area contributed by atoms with Gasteiger partial charge in [0.15, 0.2) is 0 Å². The van der Waals surface area contributed by atoms with Crippen LogP contribution in [-0.4, -0.2) is 21.0 Å². The van der Waals surface area contributed by atoms with Gasteiger partial charge in [-0.15, -0.1) is 5.10 Å². The topological polar surface area (TPSA) is 57.0 Å². The Morgan fingerprint density at radius 3 is 2.50 bits per heavy atom. The highest BCUT2D eigenvalue weighted by molar-refractivity contribution is 5.86. The number of hydrogen-bond donors (Lipinski definition) is 0. The first kappa shape index (κ1) is 15.7. The van der Waals surface area contributed by atoms with Gasteiger partial charge in [-0.1, -0.05) is 65.9 Å². The number of carbonyl (C=O) groups is 1. The van der Waals surface area contributed by atoms with Crippen molar-refractivity contribution in [2.75, 3.05) is 0 Å². The summed E-state index contributed by atoms with van der Waals surface area (Å²) in [6.45, 7) is 0.739. The Morgan fingerprint density at radius 2 is 1.75 bits per heavy atom. The molecular formula is C19H17N3O2. The van der Waals surface area contributed by atoms with E-state index in [2.05, 4.69) is 10.3 Å². The minimum atomic E-state index is -0.406. The summed E-state index contributed by atoms with van der Waals surface area (Å²) in [5.74, 6) is -0.406. The molecule has 0 spiro atoms. The molecule has 0 saturated carbocycles. The average Bonchev–Trinajstić information content (AvgIpc) is 3.07. The lowest BCUT2D eigenvalue weighted by molar-refractivity contribution is -0.139. The van der Waals surface area contributed by atoms with E-state index < -0.39 is 5.97 Å². The van der Waals surface area contributed by atoms with E-state index in [1.54, 1.807) is 17.0 Å². The zero-order valence-corrected chi connectivity index (χ0v) is 13.1. The van der Waals surface area contributed by atoms with Crippen LogP contribution in [-0.2, 0) is 22.7 Å². The molecule has 0 atom stereocenters. The molecule has 1 heterocycles. The fourth-order valence-electron chi connectivity index (χ4n) is 2.17. The quantitative estimate of drug-likeness (QED) is 0.517. The molecule has 1 aromatic heterocycles. The molecule has 5 heteroatoms. The third-order valence-corrected chi connectivity index (χ3v) is 3.35. The van der Waals surface area contributed by atoms with Crippen LogP contribution in [0.4, 0.5) is 0 Å². The number of ether oxygens (including phenoxy) is 1. The zero-order chi connectivity index (χ0) is 16.6. The van der Waals surface area contributed by atoms with E-state index >= 15 is 0 Å². The fraction of sp³-hybridized carbons (Fsp3) is 0.105. The maximum absolute atomic E-state index is 11.7. The molecule has 0 aliphatic heterocycles. The van der Waals surface area contributed by atoms with Gasteiger partial charge < -0.3 is 4.74 Å². The van der Waals surface area contributed by atoms with Gasteiger partial charge in [-0.3, -0.25) is 0 Å². The van der Waals surface area contributed by atoms with Crippen LogP contribution in [0.3, 0.4) is 0 Å². The zero-order valence-electron chi connectivity index (χ0n) is 13.1. The van der Waals surface area contributed by atoms with Crippen molar-refractivity contribution in [3.05, 3.63) is 89.8 Å². The highest BCUT2D eigenvalue weighted by atomic mass is 16.5. The van der Waals surface area contributed by atoms with Crippen molar-refractivity contribution in [1.82, 2.24) is 15.0 Å². The van der Waals surface area contributed by atoms with Crippen molar-refractivity contribution in [1.29, 1.82) is 0 Å². The van der Waals surface area contributed by atoms with Crippen molar-refractivity contribution < 1.29 is 9.53 Å². The van der Waals surface area contributed by atoms with Gasteiger partial charge in [0.05, 0.1) is 12.7 Å². The Bertz CT molecular complexity index is 811. The van der Waals surface area contributed by atoms with Crippen LogP contribution in [0.2, 0.25) is 0 Å². The molecule has 0 radical (unpaired) electrons. The lowest BCUT2D eigenvalue weighted by Crippen LogP contribution is -2.01. The highest BCUT2D eigenvalue weighted by Gasteiger charge is 2.04. The van der Waals surface area contributed by atoms with Crippen LogP contribution >= 0.6 is 0 Å². The predicted octanol–water partition coefficient (Wildman–Crippen LogP) is 3.08. The molecule has 24 heavy (non-hydrogen) atoms. The molecular weight excluding hydrogens is 302 g/mol. The SMILES string of the molecule is O=C(/C=C/c1ccccc1)OCc1cn(Cc2ccccc2)nn1. The van der Waals surface area contributed by atoms with Gasteiger partial charge in [-0.2, -0.15) is 0 Å². The first-order valence-corrected chi connectivity index (χ1v) is 7.62. The largest absolute Gasteiger partial charge is 0.456 e. The van der Waals surface area contributed by atoms with Crippen LogP contribution in [0.25, 0.3) is 6.08 Å². The number of carbonyl (C=O) groups excluding carboxylic acids is 1. The third kappa shape index (κ3) is 4.64. The minimum Gasteiger partial charge on any atom is -0.456 e. The molecule has 0 amide bonds. The maximum atomic E-state index is 11.7. The summed E-state index contributed by atoms with van der Waals surface area (Å²) < 4.78 is 6.89. The van der Waals surface area contributed by atoms with E-state index in [1.165, 1.54) is 6.08 Å². The second kappa shape index (κ2) is 7.87. The first-order valence-electron chi connectivity index (χ1n) is 7.62. The maximum Gasteiger partial charge on any atom is 0.331 e. The molecule has 0 aliphatic rings. The minimum absolute atomic E-state index is 0.104. The van der Waals surface area contributed by atoms with Gasteiger partial charge in [0.25, 0.3) is 0 Å². The molecule has 0 bridgehead atoms. The average molecular weight is 319 g/mol. The van der Waals surface area contributed by atoms with Gasteiger partial charge >= 0.3 is 5.97 Å². The Kier molecular flexibility index (Phi) is 5.14. The number of benzene rings is 2. The van der Waals surface area contributed by atoms with Gasteiger partial charge in [0.2, 0.25) is 0 Å². The first-order chi connectivity index (χ1) is 11.8. The Labute approximate surface area is 140 Å². The summed E-state index contributed by atoms with van der Waals surface area (Å²) in [5, 5.41) is 8.05. The van der Waals surface area contributed by atoms with Crippen molar-refractivity contribution in [3.63, 3.8) is 0 Å². The van der Waals surface area contributed by atoms with Crippen LogP contribution in [0.15, 0.2) is 72.9 Å². The van der Waals surface area contributed by atoms with Crippen LogP contribution < -0.4 is 0 Å². The Morgan fingerprint density at radius 1 is 1.04 bits per heavy atom. The molecule has 3 rings (SSSR count). The second-order valence-corrected chi connectivity index (χ2v) is 5.24. The van der Waals surface area contributed by atoms with Crippen molar-refractivity contribution >= 4 is 12.0 Å². The van der Waals surface area contributed by atoms with Crippen molar-refractivity contribution in [3.8, 4) is 0 Å². The number of nitrogens with zero attached hydrogens (tertiary/aromatic N) is 3. The number of hydrogen-bond acceptors (Lipinski definition) is 4. The lowest BCUT2D eigenvalue weighted by Gasteiger charge is -2.00. The molecule has 0 unspecified atom stereocenters. The molecule has 0 aliphatic carbocycles. The van der Waals surface area contributed by atoms with Crippen LogP contribution in [0.1, 0.15) is 16.8 Å². The number of esters is 1. The molecule has 0 N–H and O–H groups in total. The summed E-state index contributed by atoms with van der Waals surface area (Å²) in [7, 11) is 0. The normalized spacial score (nSPS) is 10.8. The molecule has 5 nitrogen and oxygen atoms in total. The van der Waals surface area contributed by atoms with E-state index in [9.17, 15) is 4.79 Å². The highest BCUT2D eigenvalue weighted by Crippen LogP contribution is 2.04. The standard InChI is InChI=1S/C19H17N3O2/c23-19(12-11-16-7-3-1-4-8-16)24-15-18-14-22(21-20-18)13-17-9-5-2-6-10-17/h1-12,14H,13,15H2/b12-11+. The third-order valence-electron chi connectivity index (χ3n) is 3.35. The number of aromatic nitrogens is 3. The number of rotatable bonds is 6. The predicted molar refractivity (Wildman–Crippen MR) is 90.8 cm³/mol.